The molecule has 1 aromatic carbocycles. The summed E-state index contributed by atoms with van der Waals surface area (Å²) in [4.78, 5) is 0. The Morgan fingerprint density at radius 1 is 1.36 bits per heavy atom. The average Bonchev–Trinajstić information content (AvgIpc) is 2.11. The minimum absolute atomic E-state index is 0.197. The highest BCUT2D eigenvalue weighted by atomic mass is 35.5. The van der Waals surface area contributed by atoms with E-state index < -0.39 is 0 Å². The van der Waals surface area contributed by atoms with Gasteiger partial charge in [0.15, 0.2) is 0 Å². The fourth-order valence-electron chi connectivity index (χ4n) is 1.33. The lowest BCUT2D eigenvalue weighted by Crippen LogP contribution is -2.13. The molecule has 0 radical (unpaired) electrons. The molecule has 0 nitrogen and oxygen atoms in total. The van der Waals surface area contributed by atoms with Crippen molar-refractivity contribution >= 4 is 11.6 Å². The Hall–Kier alpha value is -0.560. The fourth-order valence-corrected chi connectivity index (χ4v) is 1.44. The smallest absolute Gasteiger partial charge is 0.142 e. The molecule has 0 saturated carbocycles. The predicted octanol–water partition coefficient (Wildman–Crippen LogP) is 4.46. The molecule has 1 aromatic rings. The van der Waals surface area contributed by atoms with E-state index in [9.17, 15) is 4.39 Å². The molecular weight excluding hydrogens is 199 g/mol. The summed E-state index contributed by atoms with van der Waals surface area (Å²) in [5.41, 5.74) is 1.24. The van der Waals surface area contributed by atoms with Crippen LogP contribution in [0.2, 0.25) is 5.02 Å². The summed E-state index contributed by atoms with van der Waals surface area (Å²) in [6.45, 7) is 6.51. The van der Waals surface area contributed by atoms with Crippen LogP contribution in [0.4, 0.5) is 4.39 Å². The minimum atomic E-state index is -0.323. The van der Waals surface area contributed by atoms with Gasteiger partial charge in [-0.15, -0.1) is 0 Å². The van der Waals surface area contributed by atoms with Crippen LogP contribution in [-0.4, -0.2) is 0 Å². The Labute approximate surface area is 90.1 Å². The molecule has 2 heteroatoms. The lowest BCUT2D eigenvalue weighted by Gasteiger charge is -2.22. The van der Waals surface area contributed by atoms with Crippen LogP contribution in [0.15, 0.2) is 18.2 Å². The van der Waals surface area contributed by atoms with E-state index in [0.29, 0.717) is 0 Å². The molecule has 78 valence electrons. The minimum Gasteiger partial charge on any atom is -0.205 e. The van der Waals surface area contributed by atoms with Gasteiger partial charge < -0.3 is 0 Å². The summed E-state index contributed by atoms with van der Waals surface area (Å²) < 4.78 is 13.1. The van der Waals surface area contributed by atoms with Crippen molar-refractivity contribution in [3.63, 3.8) is 0 Å². The molecule has 0 aliphatic rings. The van der Waals surface area contributed by atoms with Gasteiger partial charge in [0.05, 0.1) is 5.02 Å². The summed E-state index contributed by atoms with van der Waals surface area (Å²) in [6.07, 6.45) is 1.97. The van der Waals surface area contributed by atoms with Crippen LogP contribution < -0.4 is 0 Å². The lowest BCUT2D eigenvalue weighted by atomic mass is 9.83. The molecule has 0 heterocycles. The molecule has 1 rings (SSSR count). The van der Waals surface area contributed by atoms with E-state index in [0.717, 1.165) is 18.4 Å². The summed E-state index contributed by atoms with van der Waals surface area (Å²) >= 11 is 5.61. The molecule has 0 aliphatic heterocycles. The second kappa shape index (κ2) is 4.31. The molecule has 0 unspecified atom stereocenters. The second-order valence-corrected chi connectivity index (χ2v) is 4.85. The Morgan fingerprint density at radius 3 is 2.50 bits per heavy atom. The summed E-state index contributed by atoms with van der Waals surface area (Å²) in [5.74, 6) is -0.323. The number of rotatable bonds is 3. The first-order chi connectivity index (χ1) is 6.44. The van der Waals surface area contributed by atoms with Crippen LogP contribution >= 0.6 is 11.6 Å². The zero-order valence-electron chi connectivity index (χ0n) is 8.90. The molecule has 0 spiro atoms. The number of benzene rings is 1. The summed E-state index contributed by atoms with van der Waals surface area (Å²) in [7, 11) is 0. The largest absolute Gasteiger partial charge is 0.205 e. The van der Waals surface area contributed by atoms with E-state index in [4.69, 9.17) is 11.6 Å². The number of hydrogen-bond donors (Lipinski definition) is 0. The molecule has 0 fully saturated rings. The van der Waals surface area contributed by atoms with Crippen LogP contribution in [0, 0.1) is 11.2 Å². The topological polar surface area (TPSA) is 0 Å². The first-order valence-corrected chi connectivity index (χ1v) is 5.26. The van der Waals surface area contributed by atoms with Crippen molar-refractivity contribution in [1.29, 1.82) is 0 Å². The molecule has 0 aliphatic carbocycles. The summed E-state index contributed by atoms with van der Waals surface area (Å²) in [6, 6.07) is 5.04. The first kappa shape index (κ1) is 11.5. The third-order valence-corrected chi connectivity index (χ3v) is 2.93. The monoisotopic (exact) mass is 214 g/mol. The normalized spacial score (nSPS) is 11.8. The fraction of sp³-hybridized carbons (Fsp3) is 0.500. The van der Waals surface area contributed by atoms with Gasteiger partial charge in [-0.1, -0.05) is 44.9 Å². The van der Waals surface area contributed by atoms with Crippen molar-refractivity contribution in [3.8, 4) is 0 Å². The lowest BCUT2D eigenvalue weighted by molar-refractivity contribution is 0.349. The van der Waals surface area contributed by atoms with Crippen LogP contribution in [0.1, 0.15) is 32.8 Å². The van der Waals surface area contributed by atoms with Crippen LogP contribution in [0.3, 0.4) is 0 Å². The van der Waals surface area contributed by atoms with E-state index in [2.05, 4.69) is 20.8 Å². The van der Waals surface area contributed by atoms with E-state index >= 15 is 0 Å². The van der Waals surface area contributed by atoms with Crippen molar-refractivity contribution in [1.82, 2.24) is 0 Å². The molecule has 0 amide bonds. The molecule has 0 saturated heterocycles. The van der Waals surface area contributed by atoms with Crippen LogP contribution in [-0.2, 0) is 6.42 Å². The van der Waals surface area contributed by atoms with E-state index in [1.54, 1.807) is 6.07 Å². The summed E-state index contributed by atoms with van der Waals surface area (Å²) in [5, 5.41) is 0.197. The van der Waals surface area contributed by atoms with Gasteiger partial charge >= 0.3 is 0 Å². The third-order valence-electron chi connectivity index (χ3n) is 2.62. The molecule has 0 bridgehead atoms. The highest BCUT2D eigenvalue weighted by molar-refractivity contribution is 6.30. The number of halogens is 2. The maximum Gasteiger partial charge on any atom is 0.142 e. The van der Waals surface area contributed by atoms with Crippen molar-refractivity contribution in [2.45, 2.75) is 33.6 Å². The Kier molecular flexibility index (Phi) is 3.54. The van der Waals surface area contributed by atoms with Crippen molar-refractivity contribution in [3.05, 3.63) is 34.6 Å². The maximum atomic E-state index is 13.1. The third kappa shape index (κ3) is 2.98. The van der Waals surface area contributed by atoms with Crippen molar-refractivity contribution in [2.75, 3.05) is 0 Å². The van der Waals surface area contributed by atoms with Gasteiger partial charge in [-0.2, -0.15) is 0 Å². The predicted molar refractivity (Wildman–Crippen MR) is 59.2 cm³/mol. The number of hydrogen-bond acceptors (Lipinski definition) is 0. The molecule has 14 heavy (non-hydrogen) atoms. The van der Waals surface area contributed by atoms with Gasteiger partial charge in [0.1, 0.15) is 5.82 Å². The molecule has 0 atom stereocenters. The standard InChI is InChI=1S/C12H16ClF/c1-4-12(2,3)8-9-5-6-10(13)11(14)7-9/h5-7H,4,8H2,1-3H3. The second-order valence-electron chi connectivity index (χ2n) is 4.44. The van der Waals surface area contributed by atoms with Gasteiger partial charge in [0.25, 0.3) is 0 Å². The molecule has 0 aromatic heterocycles. The Balaban J connectivity index is 2.83. The van der Waals surface area contributed by atoms with Gasteiger partial charge in [-0.3, -0.25) is 0 Å². The highest BCUT2D eigenvalue weighted by Gasteiger charge is 2.16. The highest BCUT2D eigenvalue weighted by Crippen LogP contribution is 2.26. The quantitative estimate of drug-likeness (QED) is 0.697. The van der Waals surface area contributed by atoms with Crippen molar-refractivity contribution in [2.24, 2.45) is 5.41 Å². The van der Waals surface area contributed by atoms with Crippen molar-refractivity contribution < 1.29 is 4.39 Å². The zero-order chi connectivity index (χ0) is 10.8. The first-order valence-electron chi connectivity index (χ1n) is 4.88. The molecule has 0 N–H and O–H groups in total. The van der Waals surface area contributed by atoms with Crippen LogP contribution in [0.5, 0.6) is 0 Å². The van der Waals surface area contributed by atoms with Gasteiger partial charge in [0, 0.05) is 0 Å². The van der Waals surface area contributed by atoms with Gasteiger partial charge in [-0.05, 0) is 29.5 Å². The average molecular weight is 215 g/mol. The maximum absolute atomic E-state index is 13.1. The van der Waals surface area contributed by atoms with E-state index in [1.807, 2.05) is 6.07 Å². The Bertz CT molecular complexity index is 318. The molecular formula is C12H16ClF. The SMILES string of the molecule is CCC(C)(C)Cc1ccc(Cl)c(F)c1. The van der Waals surface area contributed by atoms with Gasteiger partial charge in [0.2, 0.25) is 0 Å². The Morgan fingerprint density at radius 2 is 2.00 bits per heavy atom. The van der Waals surface area contributed by atoms with E-state index in [1.165, 1.54) is 6.07 Å². The van der Waals surface area contributed by atoms with Gasteiger partial charge in [-0.25, -0.2) is 4.39 Å². The van der Waals surface area contributed by atoms with Crippen LogP contribution in [0.25, 0.3) is 0 Å². The van der Waals surface area contributed by atoms with E-state index in [-0.39, 0.29) is 16.3 Å². The zero-order valence-corrected chi connectivity index (χ0v) is 9.66.